The number of nitrogens with zero attached hydrogens (tertiary/aromatic N) is 6. The molecule has 0 N–H and O–H groups in total. The number of aromatic nitrogens is 4. The second-order valence-corrected chi connectivity index (χ2v) is 7.75. The summed E-state index contributed by atoms with van der Waals surface area (Å²) in [5.74, 6) is 0.883. The van der Waals surface area contributed by atoms with E-state index in [-0.39, 0.29) is 0 Å². The van der Waals surface area contributed by atoms with Crippen molar-refractivity contribution in [3.05, 3.63) is 35.9 Å². The Morgan fingerprint density at radius 1 is 1.08 bits per heavy atom. The fourth-order valence-corrected chi connectivity index (χ4v) is 4.43. The predicted octanol–water partition coefficient (Wildman–Crippen LogP) is 2.40. The Hall–Kier alpha value is -1.95. The van der Waals surface area contributed by atoms with Gasteiger partial charge in [-0.15, -0.1) is 0 Å². The molecule has 2 aromatic heterocycles. The molecule has 2 aromatic rings. The molecule has 4 rings (SSSR count). The van der Waals surface area contributed by atoms with E-state index < -0.39 is 0 Å². The second-order valence-electron chi connectivity index (χ2n) is 7.75. The lowest BCUT2D eigenvalue weighted by Gasteiger charge is -2.47. The molecule has 2 aliphatic rings. The van der Waals surface area contributed by atoms with Crippen LogP contribution in [0.3, 0.4) is 0 Å². The summed E-state index contributed by atoms with van der Waals surface area (Å²) in [6.07, 6.45) is 8.81. The maximum absolute atomic E-state index is 4.64. The van der Waals surface area contributed by atoms with Gasteiger partial charge in [-0.25, -0.2) is 9.97 Å². The van der Waals surface area contributed by atoms with Crippen molar-refractivity contribution in [1.82, 2.24) is 24.6 Å². The van der Waals surface area contributed by atoms with Crippen molar-refractivity contribution < 1.29 is 0 Å². The topological polar surface area (TPSA) is 50.1 Å². The number of piperidine rings is 2. The zero-order valence-electron chi connectivity index (χ0n) is 15.4. The van der Waals surface area contributed by atoms with Gasteiger partial charge in [0.1, 0.15) is 0 Å². The maximum atomic E-state index is 4.64. The maximum Gasteiger partial charge on any atom is 0.225 e. The largest absolute Gasteiger partial charge is 0.341 e. The van der Waals surface area contributed by atoms with Gasteiger partial charge in [-0.05, 0) is 56.7 Å². The van der Waals surface area contributed by atoms with Gasteiger partial charge in [0.2, 0.25) is 5.95 Å². The average molecular weight is 340 g/mol. The molecule has 0 amide bonds. The van der Waals surface area contributed by atoms with E-state index in [2.05, 4.69) is 37.9 Å². The van der Waals surface area contributed by atoms with Crippen LogP contribution in [-0.2, 0) is 13.6 Å². The highest BCUT2D eigenvalue weighted by Crippen LogP contribution is 2.40. The number of rotatable bonds is 3. The molecule has 0 aromatic carbocycles. The summed E-state index contributed by atoms with van der Waals surface area (Å²) in [5, 5.41) is 4.64. The van der Waals surface area contributed by atoms with Crippen LogP contribution in [0.15, 0.2) is 24.5 Å². The highest BCUT2D eigenvalue weighted by Gasteiger charge is 2.38. The molecular formula is C19H28N6. The van der Waals surface area contributed by atoms with Gasteiger partial charge in [-0.1, -0.05) is 0 Å². The van der Waals surface area contributed by atoms with Gasteiger partial charge in [-0.3, -0.25) is 9.58 Å². The Kier molecular flexibility index (Phi) is 4.46. The van der Waals surface area contributed by atoms with Crippen LogP contribution in [0.2, 0.25) is 0 Å². The number of hydrogen-bond acceptors (Lipinski definition) is 5. The van der Waals surface area contributed by atoms with Gasteiger partial charge in [0.25, 0.3) is 0 Å². The smallest absolute Gasteiger partial charge is 0.225 e. The van der Waals surface area contributed by atoms with E-state index in [9.17, 15) is 0 Å². The van der Waals surface area contributed by atoms with E-state index in [0.29, 0.717) is 5.41 Å². The standard InChI is InChI=1S/C19H28N6/c1-16-13-17(22-23(16)2)14-24-10-3-5-19(15-24)6-11-25(12-7-19)18-20-8-4-9-21-18/h4,8-9,13H,3,5-7,10-12,14-15H2,1-2H3. The van der Waals surface area contributed by atoms with Crippen LogP contribution in [0.25, 0.3) is 0 Å². The molecule has 6 nitrogen and oxygen atoms in total. The van der Waals surface area contributed by atoms with Gasteiger partial charge < -0.3 is 4.90 Å². The second kappa shape index (κ2) is 6.75. The summed E-state index contributed by atoms with van der Waals surface area (Å²) in [6.45, 7) is 7.64. The predicted molar refractivity (Wildman–Crippen MR) is 98.4 cm³/mol. The quantitative estimate of drug-likeness (QED) is 0.859. The van der Waals surface area contributed by atoms with Crippen molar-refractivity contribution >= 4 is 5.95 Å². The fraction of sp³-hybridized carbons (Fsp3) is 0.632. The third-order valence-electron chi connectivity index (χ3n) is 5.95. The van der Waals surface area contributed by atoms with E-state index in [1.807, 2.05) is 30.2 Å². The molecule has 134 valence electrons. The lowest BCUT2D eigenvalue weighted by atomic mass is 9.72. The fourth-order valence-electron chi connectivity index (χ4n) is 4.43. The van der Waals surface area contributed by atoms with Crippen LogP contribution in [0.5, 0.6) is 0 Å². The third-order valence-corrected chi connectivity index (χ3v) is 5.95. The molecule has 2 aliphatic heterocycles. The summed E-state index contributed by atoms with van der Waals surface area (Å²) in [6, 6.07) is 4.10. The van der Waals surface area contributed by atoms with E-state index in [4.69, 9.17) is 0 Å². The molecule has 0 bridgehead atoms. The van der Waals surface area contributed by atoms with E-state index in [0.717, 1.165) is 25.6 Å². The first-order valence-electron chi connectivity index (χ1n) is 9.37. The molecular weight excluding hydrogens is 312 g/mol. The lowest BCUT2D eigenvalue weighted by Crippen LogP contribution is -2.49. The molecule has 6 heteroatoms. The minimum atomic E-state index is 0.466. The van der Waals surface area contributed by atoms with Gasteiger partial charge in [-0.2, -0.15) is 5.10 Å². The minimum absolute atomic E-state index is 0.466. The lowest BCUT2D eigenvalue weighted by molar-refractivity contribution is 0.0595. The zero-order valence-corrected chi connectivity index (χ0v) is 15.4. The van der Waals surface area contributed by atoms with E-state index >= 15 is 0 Å². The molecule has 2 saturated heterocycles. The monoisotopic (exact) mass is 340 g/mol. The summed E-state index contributed by atoms with van der Waals surface area (Å²) in [4.78, 5) is 13.8. The molecule has 0 unspecified atom stereocenters. The minimum Gasteiger partial charge on any atom is -0.341 e. The molecule has 0 aliphatic carbocycles. The number of likely N-dealkylation sites (tertiary alicyclic amines) is 1. The van der Waals surface area contributed by atoms with Crippen LogP contribution in [-0.4, -0.2) is 50.8 Å². The summed E-state index contributed by atoms with van der Waals surface area (Å²) in [5.41, 5.74) is 2.90. The van der Waals surface area contributed by atoms with Crippen molar-refractivity contribution in [3.8, 4) is 0 Å². The van der Waals surface area contributed by atoms with E-state index in [1.54, 1.807) is 0 Å². The van der Waals surface area contributed by atoms with Crippen molar-refractivity contribution in [2.45, 2.75) is 39.2 Å². The van der Waals surface area contributed by atoms with Gasteiger partial charge >= 0.3 is 0 Å². The molecule has 0 saturated carbocycles. The van der Waals surface area contributed by atoms with Crippen LogP contribution >= 0.6 is 0 Å². The normalized spacial score (nSPS) is 21.0. The van der Waals surface area contributed by atoms with Crippen molar-refractivity contribution in [3.63, 3.8) is 0 Å². The first-order valence-corrected chi connectivity index (χ1v) is 9.37. The average Bonchev–Trinajstić information content (AvgIpc) is 2.94. The van der Waals surface area contributed by atoms with E-state index in [1.165, 1.54) is 50.2 Å². The van der Waals surface area contributed by atoms with Crippen molar-refractivity contribution in [1.29, 1.82) is 0 Å². The van der Waals surface area contributed by atoms with Crippen LogP contribution in [0.4, 0.5) is 5.95 Å². The SMILES string of the molecule is Cc1cc(CN2CCCC3(CCN(c4ncccn4)CC3)C2)nn1C. The summed E-state index contributed by atoms with van der Waals surface area (Å²) < 4.78 is 1.98. The molecule has 0 atom stereocenters. The molecule has 1 spiro atoms. The highest BCUT2D eigenvalue weighted by molar-refractivity contribution is 5.29. The summed E-state index contributed by atoms with van der Waals surface area (Å²) in [7, 11) is 2.03. The number of anilines is 1. The number of hydrogen-bond donors (Lipinski definition) is 0. The first kappa shape index (κ1) is 16.5. The molecule has 25 heavy (non-hydrogen) atoms. The van der Waals surface area contributed by atoms with Gasteiger partial charge in [0.05, 0.1) is 5.69 Å². The molecule has 2 fully saturated rings. The van der Waals surface area contributed by atoms with Crippen LogP contribution < -0.4 is 4.90 Å². The molecule has 0 radical (unpaired) electrons. The van der Waals surface area contributed by atoms with Gasteiger partial charge in [0, 0.05) is 51.3 Å². The van der Waals surface area contributed by atoms with Gasteiger partial charge in [0.15, 0.2) is 0 Å². The number of aryl methyl sites for hydroxylation is 2. The molecule has 4 heterocycles. The Labute approximate surface area is 149 Å². The van der Waals surface area contributed by atoms with Crippen LogP contribution in [0, 0.1) is 12.3 Å². The third kappa shape index (κ3) is 3.54. The Morgan fingerprint density at radius 3 is 2.52 bits per heavy atom. The van der Waals surface area contributed by atoms with Crippen LogP contribution in [0.1, 0.15) is 37.1 Å². The first-order chi connectivity index (χ1) is 12.1. The van der Waals surface area contributed by atoms with Crippen molar-refractivity contribution in [2.24, 2.45) is 12.5 Å². The Balaban J connectivity index is 1.38. The van der Waals surface area contributed by atoms with Crippen molar-refractivity contribution in [2.75, 3.05) is 31.1 Å². The highest BCUT2D eigenvalue weighted by atomic mass is 15.3. The Morgan fingerprint density at radius 2 is 1.84 bits per heavy atom. The Bertz CT molecular complexity index is 682. The zero-order chi connectivity index (χ0) is 17.3. The summed E-state index contributed by atoms with van der Waals surface area (Å²) >= 11 is 0.